The lowest BCUT2D eigenvalue weighted by molar-refractivity contribution is 0.242. The van der Waals surface area contributed by atoms with E-state index in [1.165, 1.54) is 0 Å². The highest BCUT2D eigenvalue weighted by Crippen LogP contribution is 2.18. The number of ether oxygens (including phenoxy) is 1. The number of aliphatic hydroxyl groups excluding tert-OH is 1. The zero-order valence-electron chi connectivity index (χ0n) is 10.8. The summed E-state index contributed by atoms with van der Waals surface area (Å²) < 4.78 is 5.63. The third-order valence-corrected chi connectivity index (χ3v) is 2.37. The second-order valence-corrected chi connectivity index (χ2v) is 4.41. The van der Waals surface area contributed by atoms with Crippen LogP contribution < -0.4 is 10.1 Å². The maximum absolute atomic E-state index is 8.67. The monoisotopic (exact) mass is 237 g/mol. The fourth-order valence-electron chi connectivity index (χ4n) is 1.60. The minimum absolute atomic E-state index is 0.204. The molecular formula is C14H23NO2. The average Bonchev–Trinajstić information content (AvgIpc) is 2.28. The van der Waals surface area contributed by atoms with E-state index in [9.17, 15) is 0 Å². The molecule has 0 unspecified atom stereocenters. The Balaban J connectivity index is 2.32. The lowest BCUT2D eigenvalue weighted by atomic mass is 10.2. The number of anilines is 1. The fourth-order valence-corrected chi connectivity index (χ4v) is 1.60. The Bertz CT molecular complexity index is 313. The number of hydrogen-bond acceptors (Lipinski definition) is 3. The first-order valence-electron chi connectivity index (χ1n) is 6.34. The number of nitrogens with one attached hydrogen (secondary N) is 1. The van der Waals surface area contributed by atoms with Crippen LogP contribution in [-0.4, -0.2) is 24.4 Å². The van der Waals surface area contributed by atoms with Crippen LogP contribution in [0.15, 0.2) is 24.3 Å². The van der Waals surface area contributed by atoms with Crippen molar-refractivity contribution in [2.45, 2.75) is 39.2 Å². The molecule has 1 aromatic carbocycles. The van der Waals surface area contributed by atoms with E-state index in [1.54, 1.807) is 0 Å². The molecule has 17 heavy (non-hydrogen) atoms. The summed E-state index contributed by atoms with van der Waals surface area (Å²) in [6.45, 7) is 5.27. The Morgan fingerprint density at radius 1 is 1.24 bits per heavy atom. The summed E-state index contributed by atoms with van der Waals surface area (Å²) >= 11 is 0. The van der Waals surface area contributed by atoms with Gasteiger partial charge in [-0.2, -0.15) is 0 Å². The quantitative estimate of drug-likeness (QED) is 0.683. The Kier molecular flexibility index (Phi) is 6.48. The maximum Gasteiger partial charge on any atom is 0.121 e. The summed E-state index contributed by atoms with van der Waals surface area (Å²) in [6, 6.07) is 8.02. The van der Waals surface area contributed by atoms with Gasteiger partial charge in [0.2, 0.25) is 0 Å². The van der Waals surface area contributed by atoms with Gasteiger partial charge in [-0.25, -0.2) is 0 Å². The van der Waals surface area contributed by atoms with Gasteiger partial charge in [-0.1, -0.05) is 6.07 Å². The highest BCUT2D eigenvalue weighted by Gasteiger charge is 1.98. The molecule has 0 aliphatic heterocycles. The van der Waals surface area contributed by atoms with Crippen LogP contribution in [0.1, 0.15) is 33.1 Å². The fraction of sp³-hybridized carbons (Fsp3) is 0.571. The molecular weight excluding hydrogens is 214 g/mol. The zero-order valence-corrected chi connectivity index (χ0v) is 10.8. The average molecular weight is 237 g/mol. The van der Waals surface area contributed by atoms with Crippen molar-refractivity contribution in [3.63, 3.8) is 0 Å². The van der Waals surface area contributed by atoms with Gasteiger partial charge in [0, 0.05) is 24.9 Å². The predicted molar refractivity (Wildman–Crippen MR) is 71.6 cm³/mol. The molecule has 1 rings (SSSR count). The van der Waals surface area contributed by atoms with Crippen LogP contribution in [0, 0.1) is 0 Å². The molecule has 0 aliphatic carbocycles. The molecule has 3 nitrogen and oxygen atoms in total. The smallest absolute Gasteiger partial charge is 0.121 e. The lowest BCUT2D eigenvalue weighted by Crippen LogP contribution is -2.06. The lowest BCUT2D eigenvalue weighted by Gasteiger charge is -2.12. The van der Waals surface area contributed by atoms with Crippen molar-refractivity contribution in [1.82, 2.24) is 0 Å². The highest BCUT2D eigenvalue weighted by atomic mass is 16.5. The Morgan fingerprint density at radius 2 is 2.06 bits per heavy atom. The van der Waals surface area contributed by atoms with Gasteiger partial charge in [0.05, 0.1) is 6.10 Å². The van der Waals surface area contributed by atoms with E-state index < -0.39 is 0 Å². The molecule has 96 valence electrons. The van der Waals surface area contributed by atoms with Gasteiger partial charge >= 0.3 is 0 Å². The van der Waals surface area contributed by atoms with Gasteiger partial charge in [-0.3, -0.25) is 0 Å². The van der Waals surface area contributed by atoms with E-state index in [4.69, 9.17) is 9.84 Å². The topological polar surface area (TPSA) is 41.5 Å². The highest BCUT2D eigenvalue weighted by molar-refractivity contribution is 5.48. The number of rotatable bonds is 8. The van der Waals surface area contributed by atoms with E-state index in [2.05, 4.69) is 5.32 Å². The van der Waals surface area contributed by atoms with Crippen LogP contribution in [0.2, 0.25) is 0 Å². The van der Waals surface area contributed by atoms with E-state index in [0.717, 1.165) is 37.2 Å². The third-order valence-electron chi connectivity index (χ3n) is 2.37. The minimum Gasteiger partial charge on any atom is -0.491 e. The van der Waals surface area contributed by atoms with E-state index in [0.29, 0.717) is 0 Å². The van der Waals surface area contributed by atoms with Crippen LogP contribution in [0.25, 0.3) is 0 Å². The third kappa shape index (κ3) is 6.17. The molecule has 0 spiro atoms. The molecule has 0 aromatic heterocycles. The van der Waals surface area contributed by atoms with Gasteiger partial charge in [-0.15, -0.1) is 0 Å². The van der Waals surface area contributed by atoms with Crippen LogP contribution in [0.4, 0.5) is 5.69 Å². The number of aliphatic hydroxyl groups is 1. The van der Waals surface area contributed by atoms with Crippen molar-refractivity contribution in [2.75, 3.05) is 18.5 Å². The first kappa shape index (κ1) is 13.8. The van der Waals surface area contributed by atoms with Gasteiger partial charge in [0.1, 0.15) is 5.75 Å². The molecule has 3 heteroatoms. The molecule has 0 saturated carbocycles. The molecule has 0 heterocycles. The number of benzene rings is 1. The summed E-state index contributed by atoms with van der Waals surface area (Å²) in [4.78, 5) is 0. The molecule has 0 fully saturated rings. The van der Waals surface area contributed by atoms with Crippen molar-refractivity contribution in [2.24, 2.45) is 0 Å². The van der Waals surface area contributed by atoms with Gasteiger partial charge in [-0.05, 0) is 45.2 Å². The summed E-state index contributed by atoms with van der Waals surface area (Å²) in [7, 11) is 0. The summed E-state index contributed by atoms with van der Waals surface area (Å²) in [6.07, 6.45) is 3.23. The molecule has 0 amide bonds. The maximum atomic E-state index is 8.67. The largest absolute Gasteiger partial charge is 0.491 e. The first-order chi connectivity index (χ1) is 8.22. The van der Waals surface area contributed by atoms with Crippen molar-refractivity contribution >= 4 is 5.69 Å². The van der Waals surface area contributed by atoms with Gasteiger partial charge < -0.3 is 15.2 Å². The first-order valence-corrected chi connectivity index (χ1v) is 6.34. The molecule has 0 atom stereocenters. The van der Waals surface area contributed by atoms with Gasteiger partial charge in [0.25, 0.3) is 0 Å². The van der Waals surface area contributed by atoms with Crippen LogP contribution >= 0.6 is 0 Å². The Morgan fingerprint density at radius 3 is 2.76 bits per heavy atom. The number of unbranched alkanes of at least 4 members (excludes halogenated alkanes) is 2. The van der Waals surface area contributed by atoms with E-state index in [-0.39, 0.29) is 12.7 Å². The summed E-state index contributed by atoms with van der Waals surface area (Å²) in [5.41, 5.74) is 1.09. The molecule has 0 aliphatic rings. The van der Waals surface area contributed by atoms with E-state index in [1.807, 2.05) is 38.1 Å². The normalized spacial score (nSPS) is 10.6. The molecule has 0 bridgehead atoms. The predicted octanol–water partition coefficient (Wildman–Crippen LogP) is 3.05. The van der Waals surface area contributed by atoms with Crippen LogP contribution in [0.3, 0.4) is 0 Å². The minimum atomic E-state index is 0.204. The molecule has 0 saturated heterocycles. The SMILES string of the molecule is CC(C)Oc1cccc(NCCCCCO)c1. The number of hydrogen-bond donors (Lipinski definition) is 2. The summed E-state index contributed by atoms with van der Waals surface area (Å²) in [5.74, 6) is 0.903. The van der Waals surface area contributed by atoms with Crippen molar-refractivity contribution in [1.29, 1.82) is 0 Å². The Labute approximate surface area is 104 Å². The second kappa shape index (κ2) is 7.96. The molecule has 0 radical (unpaired) electrons. The molecule has 1 aromatic rings. The van der Waals surface area contributed by atoms with Crippen molar-refractivity contribution in [3.05, 3.63) is 24.3 Å². The van der Waals surface area contributed by atoms with Crippen molar-refractivity contribution < 1.29 is 9.84 Å². The van der Waals surface area contributed by atoms with E-state index >= 15 is 0 Å². The second-order valence-electron chi connectivity index (χ2n) is 4.41. The zero-order chi connectivity index (χ0) is 12.5. The standard InChI is InChI=1S/C14H23NO2/c1-12(2)17-14-8-6-7-13(11-14)15-9-4-3-5-10-16/h6-8,11-12,15-16H,3-5,9-10H2,1-2H3. The Hall–Kier alpha value is -1.22. The van der Waals surface area contributed by atoms with Gasteiger partial charge in [0.15, 0.2) is 0 Å². The molecule has 2 N–H and O–H groups in total. The van der Waals surface area contributed by atoms with Crippen LogP contribution in [0.5, 0.6) is 5.75 Å². The summed E-state index contributed by atoms with van der Waals surface area (Å²) in [5, 5.41) is 12.0. The van der Waals surface area contributed by atoms with Crippen molar-refractivity contribution in [3.8, 4) is 5.75 Å². The van der Waals surface area contributed by atoms with Crippen LogP contribution in [-0.2, 0) is 0 Å².